The van der Waals surface area contributed by atoms with E-state index in [2.05, 4.69) is 32.0 Å². The van der Waals surface area contributed by atoms with E-state index in [1.807, 2.05) is 29.2 Å². The smallest absolute Gasteiger partial charge is 0.408 e. The fourth-order valence-corrected chi connectivity index (χ4v) is 6.28. The van der Waals surface area contributed by atoms with Crippen molar-refractivity contribution in [1.82, 2.24) is 35.7 Å². The van der Waals surface area contributed by atoms with E-state index in [9.17, 15) is 19.6 Å². The van der Waals surface area contributed by atoms with Gasteiger partial charge in [-0.15, -0.1) is 5.10 Å². The summed E-state index contributed by atoms with van der Waals surface area (Å²) in [6.45, 7) is 5.95. The summed E-state index contributed by atoms with van der Waals surface area (Å²) in [6.07, 6.45) is 1.44. The van der Waals surface area contributed by atoms with Crippen molar-refractivity contribution >= 4 is 23.6 Å². The van der Waals surface area contributed by atoms with Crippen molar-refractivity contribution in [3.05, 3.63) is 24.3 Å². The number of nitrogens with one attached hydrogen (secondary N) is 2. The molecule has 3 amide bonds. The van der Waals surface area contributed by atoms with Crippen LogP contribution in [0.15, 0.2) is 24.3 Å². The molecule has 4 aliphatic rings. The van der Waals surface area contributed by atoms with Crippen LogP contribution in [0.25, 0.3) is 11.4 Å². The number of fused-ring (bicyclic) bond motifs is 3. The molecule has 204 valence electrons. The van der Waals surface area contributed by atoms with E-state index in [4.69, 9.17) is 4.74 Å². The lowest BCUT2D eigenvalue weighted by molar-refractivity contribution is -0.136. The summed E-state index contributed by atoms with van der Waals surface area (Å²) in [6, 6.07) is 7.76. The number of likely N-dealkylation sites (tertiary alicyclic amines) is 2. The lowest BCUT2D eigenvalue weighted by Crippen LogP contribution is -2.59. The van der Waals surface area contributed by atoms with Crippen LogP contribution < -0.4 is 10.2 Å². The van der Waals surface area contributed by atoms with E-state index in [0.29, 0.717) is 31.1 Å². The Bertz CT molecular complexity index is 1330. The number of amides is 3. The SMILES string of the molecule is CC(C)(C)OC(=O)N[C@@H](CN1C[C@@H]2C[C@H]1C(=O)N2c1ccccc1-c1nnn[nH]1)C(=O)N1[C@H](C#N)C[C@@H]2C[C@@H]21. The van der Waals surface area contributed by atoms with Crippen molar-refractivity contribution in [2.45, 2.75) is 75.8 Å². The van der Waals surface area contributed by atoms with Gasteiger partial charge in [0.25, 0.3) is 0 Å². The van der Waals surface area contributed by atoms with Crippen LogP contribution in [0, 0.1) is 17.2 Å². The minimum absolute atomic E-state index is 0.0410. The first-order valence-electron chi connectivity index (χ1n) is 13.3. The summed E-state index contributed by atoms with van der Waals surface area (Å²) in [7, 11) is 0. The number of carbonyl (C=O) groups excluding carboxylic acids is 3. The Morgan fingerprint density at radius 3 is 2.74 bits per heavy atom. The average molecular weight is 534 g/mol. The molecule has 2 aromatic rings. The number of benzene rings is 1. The first-order chi connectivity index (χ1) is 18.6. The Hall–Kier alpha value is -4.05. The highest BCUT2D eigenvalue weighted by Gasteiger charge is 2.56. The molecule has 0 spiro atoms. The van der Waals surface area contributed by atoms with Crippen LogP contribution in [0.2, 0.25) is 0 Å². The van der Waals surface area contributed by atoms with Crippen LogP contribution in [0.1, 0.15) is 40.0 Å². The number of hydrogen-bond donors (Lipinski definition) is 2. The molecule has 13 heteroatoms. The van der Waals surface area contributed by atoms with Crippen LogP contribution in [-0.4, -0.2) is 97.2 Å². The van der Waals surface area contributed by atoms with Crippen molar-refractivity contribution < 1.29 is 19.1 Å². The number of tetrazole rings is 1. The molecule has 1 aromatic heterocycles. The number of H-pyrrole nitrogens is 1. The first-order valence-corrected chi connectivity index (χ1v) is 13.3. The lowest BCUT2D eigenvalue weighted by atomic mass is 10.1. The number of piperazine rings is 1. The van der Waals surface area contributed by atoms with Crippen molar-refractivity contribution in [3.8, 4) is 17.5 Å². The third kappa shape index (κ3) is 4.58. The predicted octanol–water partition coefficient (Wildman–Crippen LogP) is 1.06. The highest BCUT2D eigenvalue weighted by atomic mass is 16.6. The van der Waals surface area contributed by atoms with E-state index in [1.165, 1.54) is 0 Å². The molecule has 1 aromatic carbocycles. The summed E-state index contributed by atoms with van der Waals surface area (Å²) in [5, 5.41) is 26.5. The Labute approximate surface area is 225 Å². The zero-order chi connectivity index (χ0) is 27.5. The third-order valence-corrected chi connectivity index (χ3v) is 7.95. The summed E-state index contributed by atoms with van der Waals surface area (Å²) in [4.78, 5) is 45.5. The number of carbonyl (C=O) groups is 3. The molecule has 4 heterocycles. The van der Waals surface area contributed by atoms with Gasteiger partial charge in [-0.25, -0.2) is 9.89 Å². The van der Waals surface area contributed by atoms with Gasteiger partial charge >= 0.3 is 6.09 Å². The van der Waals surface area contributed by atoms with Gasteiger partial charge < -0.3 is 19.9 Å². The summed E-state index contributed by atoms with van der Waals surface area (Å²) >= 11 is 0. The molecular weight excluding hydrogens is 502 g/mol. The second-order valence-electron chi connectivity index (χ2n) is 11.7. The predicted molar refractivity (Wildman–Crippen MR) is 137 cm³/mol. The van der Waals surface area contributed by atoms with Gasteiger partial charge in [-0.1, -0.05) is 12.1 Å². The van der Waals surface area contributed by atoms with Crippen molar-refractivity contribution in [2.75, 3.05) is 18.0 Å². The summed E-state index contributed by atoms with van der Waals surface area (Å²) < 4.78 is 5.44. The molecule has 2 bridgehead atoms. The number of anilines is 1. The fourth-order valence-electron chi connectivity index (χ4n) is 6.28. The number of aromatic nitrogens is 4. The van der Waals surface area contributed by atoms with E-state index >= 15 is 0 Å². The highest BCUT2D eigenvalue weighted by molar-refractivity contribution is 6.04. The minimum Gasteiger partial charge on any atom is -0.444 e. The van der Waals surface area contributed by atoms with Gasteiger partial charge in [-0.3, -0.25) is 14.5 Å². The lowest BCUT2D eigenvalue weighted by Gasteiger charge is -2.37. The fraction of sp³-hybridized carbons (Fsp3) is 0.577. The number of hydrogen-bond acceptors (Lipinski definition) is 9. The van der Waals surface area contributed by atoms with E-state index < -0.39 is 29.8 Å². The average Bonchev–Trinajstić information content (AvgIpc) is 3.32. The molecule has 39 heavy (non-hydrogen) atoms. The van der Waals surface area contributed by atoms with Gasteiger partial charge in [0.15, 0.2) is 5.82 Å². The molecule has 1 aliphatic carbocycles. The molecular formula is C26H31N9O4. The second-order valence-corrected chi connectivity index (χ2v) is 11.7. The van der Waals surface area contributed by atoms with Crippen LogP contribution in [0.5, 0.6) is 0 Å². The molecule has 4 fully saturated rings. The van der Waals surface area contributed by atoms with Gasteiger partial charge in [-0.05, 0) is 68.5 Å². The number of ether oxygens (including phenoxy) is 1. The number of nitriles is 1. The van der Waals surface area contributed by atoms with E-state index in [-0.39, 0.29) is 30.4 Å². The number of piperidine rings is 1. The number of aromatic amines is 1. The highest BCUT2D eigenvalue weighted by Crippen LogP contribution is 2.48. The van der Waals surface area contributed by atoms with Gasteiger partial charge in [0.1, 0.15) is 17.7 Å². The number of rotatable bonds is 6. The maximum Gasteiger partial charge on any atom is 0.408 e. The van der Waals surface area contributed by atoms with Crippen molar-refractivity contribution in [3.63, 3.8) is 0 Å². The van der Waals surface area contributed by atoms with Gasteiger partial charge in [-0.2, -0.15) is 5.26 Å². The van der Waals surface area contributed by atoms with Crippen LogP contribution in [-0.2, 0) is 14.3 Å². The quantitative estimate of drug-likeness (QED) is 0.553. The Morgan fingerprint density at radius 2 is 2.05 bits per heavy atom. The molecule has 3 saturated heterocycles. The zero-order valence-electron chi connectivity index (χ0n) is 22.1. The Kier molecular flexibility index (Phi) is 6.02. The Balaban J connectivity index is 1.21. The van der Waals surface area contributed by atoms with Gasteiger partial charge in [0, 0.05) is 24.7 Å². The first kappa shape index (κ1) is 25.2. The molecule has 6 atom stereocenters. The normalized spacial score (nSPS) is 28.3. The van der Waals surface area contributed by atoms with Gasteiger partial charge in [0.2, 0.25) is 11.8 Å². The molecule has 0 unspecified atom stereocenters. The minimum atomic E-state index is -0.941. The summed E-state index contributed by atoms with van der Waals surface area (Å²) in [5.41, 5.74) is 0.712. The van der Waals surface area contributed by atoms with Crippen LogP contribution in [0.3, 0.4) is 0 Å². The monoisotopic (exact) mass is 533 g/mol. The van der Waals surface area contributed by atoms with E-state index in [1.54, 1.807) is 30.6 Å². The molecule has 1 saturated carbocycles. The molecule has 6 rings (SSSR count). The number of nitrogens with zero attached hydrogens (tertiary/aromatic N) is 7. The van der Waals surface area contributed by atoms with E-state index in [0.717, 1.165) is 17.7 Å². The Morgan fingerprint density at radius 1 is 1.26 bits per heavy atom. The second kappa shape index (κ2) is 9.30. The topological polar surface area (TPSA) is 160 Å². The maximum absolute atomic E-state index is 13.8. The standard InChI is InChI=1S/C26H31N9O4/c1-26(2,3)39-25(38)28-18(23(36)34-15(11-27)8-14-9-20(14)34)13-33-12-16-10-21(33)24(37)35(16)19-7-5-4-6-17(19)22-29-31-32-30-22/h4-7,14-16,18,20-21H,8-10,12-13H2,1-3H3,(H,28,38)(H,29,30,31,32)/t14-,15+,16+,18+,20+,21+/m1/s1. The third-order valence-electron chi connectivity index (χ3n) is 7.95. The number of alkyl carbamates (subject to hydrolysis) is 1. The molecule has 2 N–H and O–H groups in total. The van der Waals surface area contributed by atoms with Gasteiger partial charge in [0.05, 0.1) is 23.8 Å². The molecule has 13 nitrogen and oxygen atoms in total. The van der Waals surface area contributed by atoms with Crippen molar-refractivity contribution in [1.29, 1.82) is 5.26 Å². The largest absolute Gasteiger partial charge is 0.444 e. The zero-order valence-corrected chi connectivity index (χ0v) is 22.1. The maximum atomic E-state index is 13.8. The van der Waals surface area contributed by atoms with Crippen LogP contribution >= 0.6 is 0 Å². The molecule has 0 radical (unpaired) electrons. The molecule has 3 aliphatic heterocycles. The van der Waals surface area contributed by atoms with Crippen molar-refractivity contribution in [2.24, 2.45) is 5.92 Å². The van der Waals surface area contributed by atoms with Crippen LogP contribution in [0.4, 0.5) is 10.5 Å². The summed E-state index contributed by atoms with van der Waals surface area (Å²) in [5.74, 6) is 0.445. The number of para-hydroxylation sites is 1.